The van der Waals surface area contributed by atoms with Crippen LogP contribution in [0.3, 0.4) is 0 Å². The summed E-state index contributed by atoms with van der Waals surface area (Å²) in [5.74, 6) is 0.639. The molecular formula is C15H29FN2O. The third kappa shape index (κ3) is 4.75. The lowest BCUT2D eigenvalue weighted by Crippen LogP contribution is -2.53. The zero-order valence-corrected chi connectivity index (χ0v) is 13.0. The van der Waals surface area contributed by atoms with Crippen molar-refractivity contribution in [2.75, 3.05) is 26.7 Å². The Balaban J connectivity index is 2.47. The molecule has 4 heteroatoms. The van der Waals surface area contributed by atoms with E-state index in [1.54, 1.807) is 11.9 Å². The summed E-state index contributed by atoms with van der Waals surface area (Å²) in [5.41, 5.74) is 0. The van der Waals surface area contributed by atoms with Gasteiger partial charge in [-0.25, -0.2) is 4.39 Å². The van der Waals surface area contributed by atoms with E-state index in [1.165, 1.54) is 0 Å². The van der Waals surface area contributed by atoms with Gasteiger partial charge in [-0.3, -0.25) is 4.79 Å². The molecule has 0 aliphatic carbocycles. The molecule has 2 atom stereocenters. The van der Waals surface area contributed by atoms with Crippen molar-refractivity contribution in [2.24, 2.45) is 11.8 Å². The highest BCUT2D eigenvalue weighted by molar-refractivity contribution is 5.78. The Morgan fingerprint density at radius 2 is 2.00 bits per heavy atom. The molecule has 0 spiro atoms. The number of likely N-dealkylation sites (tertiary alicyclic amines) is 1. The summed E-state index contributed by atoms with van der Waals surface area (Å²) in [5, 5.41) is 0. The topological polar surface area (TPSA) is 23.6 Å². The van der Waals surface area contributed by atoms with E-state index < -0.39 is 6.17 Å². The molecule has 0 N–H and O–H groups in total. The molecule has 0 saturated carbocycles. The van der Waals surface area contributed by atoms with Gasteiger partial charge in [0.15, 0.2) is 0 Å². The second-order valence-corrected chi connectivity index (χ2v) is 6.46. The van der Waals surface area contributed by atoms with Crippen molar-refractivity contribution < 1.29 is 9.18 Å². The lowest BCUT2D eigenvalue weighted by molar-refractivity contribution is -0.138. The van der Waals surface area contributed by atoms with Crippen molar-refractivity contribution in [1.82, 2.24) is 9.80 Å². The highest BCUT2D eigenvalue weighted by atomic mass is 19.1. The van der Waals surface area contributed by atoms with Gasteiger partial charge in [0.05, 0.1) is 6.04 Å². The first-order valence-electron chi connectivity index (χ1n) is 7.46. The number of halogens is 1. The van der Waals surface area contributed by atoms with Crippen LogP contribution in [0.15, 0.2) is 0 Å². The lowest BCUT2D eigenvalue weighted by atomic mass is 9.99. The predicted molar refractivity (Wildman–Crippen MR) is 76.8 cm³/mol. The fourth-order valence-electron chi connectivity index (χ4n) is 2.61. The number of piperidine rings is 1. The average molecular weight is 272 g/mol. The number of alkyl halides is 1. The van der Waals surface area contributed by atoms with Crippen LogP contribution < -0.4 is 0 Å². The first kappa shape index (κ1) is 16.4. The van der Waals surface area contributed by atoms with Crippen molar-refractivity contribution >= 4 is 5.91 Å². The molecule has 1 fully saturated rings. The van der Waals surface area contributed by atoms with Crippen molar-refractivity contribution in [2.45, 2.75) is 52.8 Å². The Morgan fingerprint density at radius 1 is 1.37 bits per heavy atom. The number of rotatable bonds is 5. The Bertz CT molecular complexity index is 294. The lowest BCUT2D eigenvalue weighted by Gasteiger charge is -2.39. The van der Waals surface area contributed by atoms with Crippen LogP contribution in [0.4, 0.5) is 4.39 Å². The second kappa shape index (κ2) is 7.22. The van der Waals surface area contributed by atoms with Crippen LogP contribution >= 0.6 is 0 Å². The summed E-state index contributed by atoms with van der Waals surface area (Å²) in [6.45, 7) is 10.4. The fraction of sp³-hybridized carbons (Fsp3) is 0.933. The van der Waals surface area contributed by atoms with Gasteiger partial charge in [0, 0.05) is 26.1 Å². The maximum Gasteiger partial charge on any atom is 0.225 e. The number of carbonyl (C=O) groups is 1. The first-order chi connectivity index (χ1) is 8.82. The van der Waals surface area contributed by atoms with Crippen LogP contribution in [0.2, 0.25) is 0 Å². The van der Waals surface area contributed by atoms with Gasteiger partial charge in [0.25, 0.3) is 0 Å². The van der Waals surface area contributed by atoms with Gasteiger partial charge in [-0.15, -0.1) is 0 Å². The van der Waals surface area contributed by atoms with Crippen LogP contribution in [0.5, 0.6) is 0 Å². The van der Waals surface area contributed by atoms with Crippen molar-refractivity contribution in [3.05, 3.63) is 0 Å². The minimum Gasteiger partial charge on any atom is -0.340 e. The number of nitrogens with zero attached hydrogens (tertiary/aromatic N) is 2. The van der Waals surface area contributed by atoms with E-state index in [9.17, 15) is 9.18 Å². The number of carbonyl (C=O) groups excluding carboxylic acids is 1. The monoisotopic (exact) mass is 272 g/mol. The molecule has 0 aromatic rings. The summed E-state index contributed by atoms with van der Waals surface area (Å²) in [7, 11) is 1.74. The maximum atomic E-state index is 14.3. The predicted octanol–water partition coefficient (Wildman–Crippen LogP) is 2.56. The minimum atomic E-state index is -0.923. The van der Waals surface area contributed by atoms with Gasteiger partial charge < -0.3 is 9.80 Å². The quantitative estimate of drug-likeness (QED) is 0.768. The number of amides is 1. The molecule has 1 amide bonds. The highest BCUT2D eigenvalue weighted by Gasteiger charge is 2.34. The molecule has 1 aliphatic rings. The molecule has 0 bridgehead atoms. The minimum absolute atomic E-state index is 0.0447. The molecule has 1 heterocycles. The molecule has 0 aromatic heterocycles. The molecule has 1 aliphatic heterocycles. The molecule has 0 radical (unpaired) electrons. The van der Waals surface area contributed by atoms with E-state index in [2.05, 4.69) is 18.7 Å². The van der Waals surface area contributed by atoms with E-state index in [0.29, 0.717) is 12.5 Å². The summed E-state index contributed by atoms with van der Waals surface area (Å²) in [6.07, 6.45) is 0.931. The van der Waals surface area contributed by atoms with Crippen LogP contribution in [-0.2, 0) is 4.79 Å². The molecule has 3 nitrogen and oxygen atoms in total. The number of hydrogen-bond donors (Lipinski definition) is 0. The standard InChI is InChI=1S/C15H29FN2O/c1-11(2)6-8-18-9-7-14(13(16)10-18)17(5)15(19)12(3)4/h11-14H,6-10H2,1-5H3/t13-,14?/m1/s1. The van der Waals surface area contributed by atoms with Crippen molar-refractivity contribution in [1.29, 1.82) is 0 Å². The van der Waals surface area contributed by atoms with E-state index in [1.807, 2.05) is 13.8 Å². The second-order valence-electron chi connectivity index (χ2n) is 6.46. The third-order valence-electron chi connectivity index (χ3n) is 3.95. The Labute approximate surface area is 117 Å². The van der Waals surface area contributed by atoms with E-state index in [-0.39, 0.29) is 17.9 Å². The largest absolute Gasteiger partial charge is 0.340 e. The molecule has 112 valence electrons. The maximum absolute atomic E-state index is 14.3. The summed E-state index contributed by atoms with van der Waals surface area (Å²) >= 11 is 0. The Morgan fingerprint density at radius 3 is 2.47 bits per heavy atom. The smallest absolute Gasteiger partial charge is 0.225 e. The molecule has 1 rings (SSSR count). The molecular weight excluding hydrogens is 243 g/mol. The van der Waals surface area contributed by atoms with E-state index in [0.717, 1.165) is 25.9 Å². The van der Waals surface area contributed by atoms with Gasteiger partial charge in [0.2, 0.25) is 5.91 Å². The van der Waals surface area contributed by atoms with Gasteiger partial charge in [-0.1, -0.05) is 27.7 Å². The third-order valence-corrected chi connectivity index (χ3v) is 3.95. The van der Waals surface area contributed by atoms with E-state index in [4.69, 9.17) is 0 Å². The molecule has 1 saturated heterocycles. The zero-order chi connectivity index (χ0) is 14.6. The van der Waals surface area contributed by atoms with E-state index >= 15 is 0 Å². The molecule has 19 heavy (non-hydrogen) atoms. The van der Waals surface area contributed by atoms with Gasteiger partial charge >= 0.3 is 0 Å². The van der Waals surface area contributed by atoms with Crippen LogP contribution in [0, 0.1) is 11.8 Å². The van der Waals surface area contributed by atoms with Crippen LogP contribution in [0.1, 0.15) is 40.5 Å². The Hall–Kier alpha value is -0.640. The summed E-state index contributed by atoms with van der Waals surface area (Å²) in [4.78, 5) is 15.7. The average Bonchev–Trinajstić information content (AvgIpc) is 2.34. The zero-order valence-electron chi connectivity index (χ0n) is 13.0. The van der Waals surface area contributed by atoms with Gasteiger partial charge in [-0.2, -0.15) is 0 Å². The van der Waals surface area contributed by atoms with Gasteiger partial charge in [0.1, 0.15) is 6.17 Å². The summed E-state index contributed by atoms with van der Waals surface area (Å²) < 4.78 is 14.3. The Kier molecular flexibility index (Phi) is 6.24. The highest BCUT2D eigenvalue weighted by Crippen LogP contribution is 2.21. The van der Waals surface area contributed by atoms with Crippen LogP contribution in [-0.4, -0.2) is 54.6 Å². The number of hydrogen-bond acceptors (Lipinski definition) is 2. The van der Waals surface area contributed by atoms with Gasteiger partial charge in [-0.05, 0) is 25.3 Å². The summed E-state index contributed by atoms with van der Waals surface area (Å²) in [6, 6.07) is -0.245. The SMILES string of the molecule is CC(C)CCN1CCC(N(C)C(=O)C(C)C)[C@H](F)C1. The molecule has 1 unspecified atom stereocenters. The first-order valence-corrected chi connectivity index (χ1v) is 7.46. The molecule has 0 aromatic carbocycles. The van der Waals surface area contributed by atoms with Crippen molar-refractivity contribution in [3.8, 4) is 0 Å². The van der Waals surface area contributed by atoms with Crippen LogP contribution in [0.25, 0.3) is 0 Å². The van der Waals surface area contributed by atoms with Crippen molar-refractivity contribution in [3.63, 3.8) is 0 Å². The normalized spacial score (nSPS) is 25.1. The fourth-order valence-corrected chi connectivity index (χ4v) is 2.61.